The summed E-state index contributed by atoms with van der Waals surface area (Å²) in [5, 5.41) is 2.85. The molecule has 0 aromatic heterocycles. The van der Waals surface area contributed by atoms with Gasteiger partial charge in [-0.1, -0.05) is 32.9 Å². The minimum absolute atomic E-state index is 0.00980. The second-order valence-corrected chi connectivity index (χ2v) is 7.79. The van der Waals surface area contributed by atoms with Crippen LogP contribution in [0.3, 0.4) is 0 Å². The van der Waals surface area contributed by atoms with Crippen LogP contribution in [0.1, 0.15) is 51.7 Å². The Balaban J connectivity index is 2.40. The van der Waals surface area contributed by atoms with Crippen molar-refractivity contribution in [3.63, 3.8) is 0 Å². The van der Waals surface area contributed by atoms with Crippen molar-refractivity contribution in [2.24, 2.45) is 0 Å². The molecule has 1 aromatic rings. The monoisotopic (exact) mass is 351 g/mol. The molecule has 1 aromatic carbocycles. The van der Waals surface area contributed by atoms with Crippen LogP contribution >= 0.6 is 11.8 Å². The van der Waals surface area contributed by atoms with Crippen LogP contribution in [0.5, 0.6) is 0 Å². The Morgan fingerprint density at radius 2 is 1.96 bits per heavy atom. The first-order valence-electron chi connectivity index (χ1n) is 8.40. The van der Waals surface area contributed by atoms with E-state index in [1.807, 2.05) is 0 Å². The van der Waals surface area contributed by atoms with E-state index in [1.54, 1.807) is 18.7 Å². The fraction of sp³-hybridized carbons (Fsp3) is 0.579. The van der Waals surface area contributed by atoms with Gasteiger partial charge in [-0.15, -0.1) is 11.8 Å². The van der Waals surface area contributed by atoms with Crippen LogP contribution in [0.4, 0.5) is 0 Å². The fourth-order valence-electron chi connectivity index (χ4n) is 2.11. The molecule has 0 atom stereocenters. The Bertz CT molecular complexity index is 564. The molecule has 0 aliphatic rings. The second-order valence-electron chi connectivity index (χ2n) is 6.78. The summed E-state index contributed by atoms with van der Waals surface area (Å²) in [7, 11) is 0. The number of hydrogen-bond acceptors (Lipinski definition) is 4. The fourth-order valence-corrected chi connectivity index (χ4v) is 3.00. The first-order chi connectivity index (χ1) is 11.2. The summed E-state index contributed by atoms with van der Waals surface area (Å²) in [6.07, 6.45) is 0.946. The van der Waals surface area contributed by atoms with E-state index in [0.717, 1.165) is 4.90 Å². The quantitative estimate of drug-likeness (QED) is 0.439. The lowest BCUT2D eigenvalue weighted by Crippen LogP contribution is -2.26. The molecule has 0 fully saturated rings. The zero-order valence-corrected chi connectivity index (χ0v) is 16.2. The molecule has 1 rings (SSSR count). The molecular weight excluding hydrogens is 322 g/mol. The van der Waals surface area contributed by atoms with Crippen molar-refractivity contribution in [3.05, 3.63) is 29.3 Å². The normalized spacial score (nSPS) is 11.2. The van der Waals surface area contributed by atoms with Gasteiger partial charge >= 0.3 is 5.97 Å². The van der Waals surface area contributed by atoms with Gasteiger partial charge < -0.3 is 10.1 Å². The zero-order chi connectivity index (χ0) is 18.2. The lowest BCUT2D eigenvalue weighted by Gasteiger charge is -2.20. The molecule has 1 amide bonds. The average molecular weight is 352 g/mol. The topological polar surface area (TPSA) is 55.4 Å². The van der Waals surface area contributed by atoms with Crippen LogP contribution < -0.4 is 5.32 Å². The molecule has 5 heteroatoms. The Morgan fingerprint density at radius 3 is 2.58 bits per heavy atom. The summed E-state index contributed by atoms with van der Waals surface area (Å²) in [6.45, 7) is 11.3. The Morgan fingerprint density at radius 1 is 1.25 bits per heavy atom. The van der Waals surface area contributed by atoms with Gasteiger partial charge in [0.2, 0.25) is 5.91 Å². The second kappa shape index (κ2) is 9.72. The predicted octanol–water partition coefficient (Wildman–Crippen LogP) is 3.84. The molecule has 1 N–H and O–H groups in total. The van der Waals surface area contributed by atoms with Gasteiger partial charge in [0.05, 0.1) is 12.4 Å². The minimum atomic E-state index is -0.212. The van der Waals surface area contributed by atoms with Crippen LogP contribution in [-0.2, 0) is 19.7 Å². The van der Waals surface area contributed by atoms with E-state index >= 15 is 0 Å². The summed E-state index contributed by atoms with van der Waals surface area (Å²) >= 11 is 1.55. The highest BCUT2D eigenvalue weighted by Crippen LogP contribution is 2.29. The van der Waals surface area contributed by atoms with Crippen molar-refractivity contribution in [3.8, 4) is 0 Å². The number of esters is 1. The maximum Gasteiger partial charge on any atom is 0.305 e. The smallest absolute Gasteiger partial charge is 0.305 e. The third-order valence-electron chi connectivity index (χ3n) is 3.60. The van der Waals surface area contributed by atoms with Crippen molar-refractivity contribution >= 4 is 23.6 Å². The van der Waals surface area contributed by atoms with Gasteiger partial charge in [-0.25, -0.2) is 0 Å². The molecule has 134 valence electrons. The van der Waals surface area contributed by atoms with E-state index in [1.165, 1.54) is 11.1 Å². The van der Waals surface area contributed by atoms with Gasteiger partial charge in [-0.3, -0.25) is 9.59 Å². The molecule has 0 unspecified atom stereocenters. The van der Waals surface area contributed by atoms with Crippen molar-refractivity contribution in [1.29, 1.82) is 0 Å². The van der Waals surface area contributed by atoms with E-state index in [9.17, 15) is 9.59 Å². The average Bonchev–Trinajstić information content (AvgIpc) is 2.50. The van der Waals surface area contributed by atoms with Gasteiger partial charge in [0.15, 0.2) is 0 Å². The number of nitrogens with one attached hydrogen (secondary N) is 1. The molecule has 0 aliphatic heterocycles. The third-order valence-corrected chi connectivity index (χ3v) is 4.76. The molecule has 0 spiro atoms. The summed E-state index contributed by atoms with van der Waals surface area (Å²) in [4.78, 5) is 24.3. The first kappa shape index (κ1) is 20.6. The highest BCUT2D eigenvalue weighted by Gasteiger charge is 2.15. The molecule has 0 aliphatic carbocycles. The summed E-state index contributed by atoms with van der Waals surface area (Å²) in [5.74, 6) is 0.161. The van der Waals surface area contributed by atoms with Gasteiger partial charge in [0, 0.05) is 17.9 Å². The van der Waals surface area contributed by atoms with Crippen molar-refractivity contribution in [2.45, 2.75) is 57.8 Å². The van der Waals surface area contributed by atoms with Crippen LogP contribution in [0, 0.1) is 6.92 Å². The highest BCUT2D eigenvalue weighted by atomic mass is 32.2. The highest BCUT2D eigenvalue weighted by molar-refractivity contribution is 8.00. The maximum absolute atomic E-state index is 11.9. The Hall–Kier alpha value is -1.49. The van der Waals surface area contributed by atoms with Crippen LogP contribution in [0.2, 0.25) is 0 Å². The van der Waals surface area contributed by atoms with E-state index in [4.69, 9.17) is 4.74 Å². The largest absolute Gasteiger partial charge is 0.466 e. The number of rotatable bonds is 8. The van der Waals surface area contributed by atoms with E-state index in [2.05, 4.69) is 51.2 Å². The first-order valence-corrected chi connectivity index (χ1v) is 9.39. The number of hydrogen-bond donors (Lipinski definition) is 1. The SMILES string of the molecule is CCOC(=O)CCCNC(=O)CSc1cc(C(C)(C)C)ccc1C. The van der Waals surface area contributed by atoms with Crippen LogP contribution in [0.15, 0.2) is 23.1 Å². The summed E-state index contributed by atoms with van der Waals surface area (Å²) in [6, 6.07) is 6.43. The molecule has 0 heterocycles. The van der Waals surface area contributed by atoms with Gasteiger partial charge in [0.25, 0.3) is 0 Å². The van der Waals surface area contributed by atoms with Gasteiger partial charge in [0.1, 0.15) is 0 Å². The maximum atomic E-state index is 11.9. The number of benzene rings is 1. The number of ether oxygens (including phenoxy) is 1. The van der Waals surface area contributed by atoms with E-state index in [-0.39, 0.29) is 17.3 Å². The molecule has 0 saturated carbocycles. The molecule has 0 saturated heterocycles. The van der Waals surface area contributed by atoms with Crippen LogP contribution in [0.25, 0.3) is 0 Å². The number of aryl methyl sites for hydroxylation is 1. The minimum Gasteiger partial charge on any atom is -0.466 e. The standard InChI is InChI=1S/C19H29NO3S/c1-6-23-18(22)8-7-11-20-17(21)13-24-16-12-15(19(3,4)5)10-9-14(16)2/h9-10,12H,6-8,11,13H2,1-5H3,(H,20,21). The molecular formula is C19H29NO3S. The predicted molar refractivity (Wildman–Crippen MR) is 99.5 cm³/mol. The Labute approximate surface area is 149 Å². The summed E-state index contributed by atoms with van der Waals surface area (Å²) in [5.41, 5.74) is 2.55. The molecule has 24 heavy (non-hydrogen) atoms. The van der Waals surface area contributed by atoms with E-state index < -0.39 is 0 Å². The number of amides is 1. The lowest BCUT2D eigenvalue weighted by atomic mass is 9.87. The van der Waals surface area contributed by atoms with Gasteiger partial charge in [-0.05, 0) is 42.9 Å². The van der Waals surface area contributed by atoms with Crippen molar-refractivity contribution < 1.29 is 14.3 Å². The number of carbonyl (C=O) groups is 2. The lowest BCUT2D eigenvalue weighted by molar-refractivity contribution is -0.143. The van der Waals surface area contributed by atoms with Gasteiger partial charge in [-0.2, -0.15) is 0 Å². The number of carbonyl (C=O) groups excluding carboxylic acids is 2. The van der Waals surface area contributed by atoms with Crippen molar-refractivity contribution in [2.75, 3.05) is 18.9 Å². The zero-order valence-electron chi connectivity index (χ0n) is 15.4. The molecule has 4 nitrogen and oxygen atoms in total. The molecule has 0 radical (unpaired) electrons. The van der Waals surface area contributed by atoms with E-state index in [0.29, 0.717) is 31.7 Å². The number of thioether (sulfide) groups is 1. The Kier molecular flexibility index (Phi) is 8.32. The third kappa shape index (κ3) is 7.39. The van der Waals surface area contributed by atoms with Crippen LogP contribution in [-0.4, -0.2) is 30.8 Å². The van der Waals surface area contributed by atoms with Crippen molar-refractivity contribution in [1.82, 2.24) is 5.32 Å². The molecule has 0 bridgehead atoms. The summed E-state index contributed by atoms with van der Waals surface area (Å²) < 4.78 is 4.85.